The van der Waals surface area contributed by atoms with Crippen LogP contribution in [0.25, 0.3) is 0 Å². The molecule has 0 N–H and O–H groups in total. The van der Waals surface area contributed by atoms with Crippen molar-refractivity contribution < 1.29 is 60.1 Å². The van der Waals surface area contributed by atoms with Crippen LogP contribution in [0.5, 0.6) is 0 Å². The topological polar surface area (TPSA) is 40.1 Å². The van der Waals surface area contributed by atoms with Crippen LogP contribution in [0.1, 0.15) is 25.3 Å². The molecule has 1 rings (SSSR count). The zero-order valence-electron chi connectivity index (χ0n) is 8.11. The van der Waals surface area contributed by atoms with Gasteiger partial charge in [0.2, 0.25) is 0 Å². The van der Waals surface area contributed by atoms with Crippen LogP contribution in [0.2, 0.25) is 0 Å². The second-order valence-corrected chi connectivity index (χ2v) is 3.90. The maximum absolute atomic E-state index is 10.6. The van der Waals surface area contributed by atoms with Gasteiger partial charge >= 0.3 is 51.4 Å². The van der Waals surface area contributed by atoms with E-state index >= 15 is 0 Å². The molecule has 0 heterocycles. The first-order valence-corrected chi connectivity index (χ1v) is 4.88. The van der Waals surface area contributed by atoms with Crippen molar-refractivity contribution in [1.82, 2.24) is 0 Å². The third-order valence-electron chi connectivity index (χ3n) is 1.72. The van der Waals surface area contributed by atoms with Gasteiger partial charge in [-0.05, 0) is 34.7 Å². The molecule has 0 aliphatic carbocycles. The summed E-state index contributed by atoms with van der Waals surface area (Å²) in [4.78, 5) is 0.362. The summed E-state index contributed by atoms with van der Waals surface area (Å²) in [5, 5.41) is 0. The van der Waals surface area contributed by atoms with Crippen LogP contribution in [0, 0.1) is 0 Å². The Balaban J connectivity index is 0.00000144. The summed E-state index contributed by atoms with van der Waals surface area (Å²) in [6, 6.07) is 6.99. The minimum absolute atomic E-state index is 0. The SMILES string of the molecule is CC(C)c1cccc(S(=O)[O-])c1.[K+]. The van der Waals surface area contributed by atoms with Crippen LogP contribution in [0.15, 0.2) is 29.2 Å². The molecule has 13 heavy (non-hydrogen) atoms. The average molecular weight is 222 g/mol. The molecule has 1 unspecified atom stereocenters. The van der Waals surface area contributed by atoms with E-state index in [1.54, 1.807) is 18.2 Å². The summed E-state index contributed by atoms with van der Waals surface area (Å²) in [6.07, 6.45) is 0. The second-order valence-electron chi connectivity index (χ2n) is 2.96. The van der Waals surface area contributed by atoms with Crippen molar-refractivity contribution in [3.63, 3.8) is 0 Å². The van der Waals surface area contributed by atoms with Gasteiger partial charge in [0.25, 0.3) is 0 Å². The van der Waals surface area contributed by atoms with E-state index in [-0.39, 0.29) is 51.4 Å². The number of benzene rings is 1. The Labute approximate surface area is 124 Å². The number of rotatable bonds is 2. The summed E-state index contributed by atoms with van der Waals surface area (Å²) in [6.45, 7) is 4.07. The van der Waals surface area contributed by atoms with Crippen molar-refractivity contribution >= 4 is 11.1 Å². The predicted molar refractivity (Wildman–Crippen MR) is 47.7 cm³/mol. The molecular weight excluding hydrogens is 211 g/mol. The largest absolute Gasteiger partial charge is 1.00 e. The Morgan fingerprint density at radius 3 is 2.46 bits per heavy atom. The van der Waals surface area contributed by atoms with Gasteiger partial charge in [0.05, 0.1) is 0 Å². The number of hydrogen-bond acceptors (Lipinski definition) is 2. The van der Waals surface area contributed by atoms with Gasteiger partial charge in [-0.2, -0.15) is 0 Å². The quantitative estimate of drug-likeness (QED) is 0.478. The van der Waals surface area contributed by atoms with Crippen molar-refractivity contribution in [3.8, 4) is 0 Å². The number of hydrogen-bond donors (Lipinski definition) is 0. The Morgan fingerprint density at radius 1 is 1.38 bits per heavy atom. The molecule has 0 amide bonds. The smallest absolute Gasteiger partial charge is 0.768 e. The monoisotopic (exact) mass is 222 g/mol. The first-order chi connectivity index (χ1) is 5.61. The van der Waals surface area contributed by atoms with Crippen LogP contribution < -0.4 is 51.4 Å². The fourth-order valence-corrected chi connectivity index (χ4v) is 1.40. The van der Waals surface area contributed by atoms with Gasteiger partial charge in [0, 0.05) is 4.90 Å². The van der Waals surface area contributed by atoms with E-state index in [0.29, 0.717) is 10.8 Å². The maximum atomic E-state index is 10.6. The second kappa shape index (κ2) is 6.45. The fourth-order valence-electron chi connectivity index (χ4n) is 0.977. The predicted octanol–water partition coefficient (Wildman–Crippen LogP) is -0.948. The molecule has 1 aromatic carbocycles. The van der Waals surface area contributed by atoms with Crippen molar-refractivity contribution in [2.24, 2.45) is 0 Å². The third kappa shape index (κ3) is 4.33. The minimum Gasteiger partial charge on any atom is -0.768 e. The summed E-state index contributed by atoms with van der Waals surface area (Å²) >= 11 is -2.11. The standard InChI is InChI=1S/C9H12O2S.K/c1-7(2)8-4-3-5-9(6-8)12(10)11;/h3-7H,1-2H3,(H,10,11);/q;+1/p-1. The summed E-state index contributed by atoms with van der Waals surface area (Å²) in [5.74, 6) is 0.369. The molecule has 0 aliphatic heterocycles. The van der Waals surface area contributed by atoms with E-state index in [2.05, 4.69) is 0 Å². The first kappa shape index (κ1) is 14.0. The molecule has 0 fully saturated rings. The Hall–Kier alpha value is 0.966. The minimum atomic E-state index is -2.11. The molecule has 0 bridgehead atoms. The van der Waals surface area contributed by atoms with Gasteiger partial charge in [-0.25, -0.2) is 0 Å². The Morgan fingerprint density at radius 2 is 2.00 bits per heavy atom. The molecule has 0 saturated carbocycles. The zero-order valence-corrected chi connectivity index (χ0v) is 12.1. The normalized spacial score (nSPS) is 12.3. The van der Waals surface area contributed by atoms with E-state index in [0.717, 1.165) is 5.56 Å². The van der Waals surface area contributed by atoms with E-state index in [1.807, 2.05) is 19.9 Å². The van der Waals surface area contributed by atoms with Crippen LogP contribution in [0.3, 0.4) is 0 Å². The Bertz CT molecular complexity index is 299. The molecule has 0 spiro atoms. The molecular formula is C9H11KO2S. The summed E-state index contributed by atoms with van der Waals surface area (Å²) in [7, 11) is 0. The third-order valence-corrected chi connectivity index (χ3v) is 2.36. The van der Waals surface area contributed by atoms with Gasteiger partial charge in [-0.15, -0.1) is 0 Å². The van der Waals surface area contributed by atoms with Crippen molar-refractivity contribution in [2.45, 2.75) is 24.7 Å². The van der Waals surface area contributed by atoms with E-state index in [9.17, 15) is 8.76 Å². The molecule has 1 atom stereocenters. The molecule has 0 aromatic heterocycles. The molecule has 2 nitrogen and oxygen atoms in total. The van der Waals surface area contributed by atoms with Gasteiger partial charge in [0.1, 0.15) is 0 Å². The summed E-state index contributed by atoms with van der Waals surface area (Å²) in [5.41, 5.74) is 1.05. The van der Waals surface area contributed by atoms with E-state index < -0.39 is 11.1 Å². The fraction of sp³-hybridized carbons (Fsp3) is 0.333. The first-order valence-electron chi connectivity index (χ1n) is 3.80. The van der Waals surface area contributed by atoms with Crippen LogP contribution >= 0.6 is 0 Å². The average Bonchev–Trinajstić information content (AvgIpc) is 2.04. The summed E-state index contributed by atoms with van der Waals surface area (Å²) < 4.78 is 21.2. The van der Waals surface area contributed by atoms with Gasteiger partial charge in [-0.1, -0.05) is 26.0 Å². The van der Waals surface area contributed by atoms with Crippen LogP contribution in [0.4, 0.5) is 0 Å². The van der Waals surface area contributed by atoms with E-state index in [4.69, 9.17) is 0 Å². The van der Waals surface area contributed by atoms with Crippen LogP contribution in [-0.4, -0.2) is 8.76 Å². The van der Waals surface area contributed by atoms with Crippen LogP contribution in [-0.2, 0) is 11.1 Å². The molecule has 0 aliphatic rings. The van der Waals surface area contributed by atoms with Crippen molar-refractivity contribution in [2.75, 3.05) is 0 Å². The van der Waals surface area contributed by atoms with Gasteiger partial charge < -0.3 is 4.55 Å². The molecule has 66 valence electrons. The molecule has 0 saturated heterocycles. The molecule has 4 heteroatoms. The maximum Gasteiger partial charge on any atom is 1.00 e. The molecule has 1 aromatic rings. The van der Waals surface area contributed by atoms with Crippen molar-refractivity contribution in [3.05, 3.63) is 29.8 Å². The van der Waals surface area contributed by atoms with Crippen molar-refractivity contribution in [1.29, 1.82) is 0 Å². The molecule has 0 radical (unpaired) electrons. The van der Waals surface area contributed by atoms with Gasteiger partial charge in [-0.3, -0.25) is 4.21 Å². The van der Waals surface area contributed by atoms with E-state index in [1.165, 1.54) is 0 Å². The van der Waals surface area contributed by atoms with Gasteiger partial charge in [0.15, 0.2) is 0 Å². The Kier molecular flexibility index (Phi) is 6.93. The zero-order chi connectivity index (χ0) is 9.14.